The van der Waals surface area contributed by atoms with Gasteiger partial charge in [0.15, 0.2) is 0 Å². The number of hydrogen-bond acceptors (Lipinski definition) is 1. The quantitative estimate of drug-likeness (QED) is 0.303. The van der Waals surface area contributed by atoms with Gasteiger partial charge in [0, 0.05) is 30.4 Å². The van der Waals surface area contributed by atoms with E-state index < -0.39 is 0 Å². The topological polar surface area (TPSA) is 9.23 Å². The minimum absolute atomic E-state index is 0.457. The van der Waals surface area contributed by atoms with Gasteiger partial charge in [-0.15, -0.1) is 11.6 Å². The molecule has 0 aromatic heterocycles. The molecule has 3 rings (SSSR count). The van der Waals surface area contributed by atoms with E-state index in [0.717, 1.165) is 35.9 Å². The summed E-state index contributed by atoms with van der Waals surface area (Å²) in [5, 5.41) is 1.44. The van der Waals surface area contributed by atoms with Crippen molar-refractivity contribution in [1.29, 1.82) is 0 Å². The zero-order valence-corrected chi connectivity index (χ0v) is 19.0. The standard InChI is InChI=1S/C13H10BrClO.C7H5BrCl2/c14-11-6-7-13(15)10(8-11)9-16-12-4-2-1-3-5-12;8-6-1-2-7(10)5(3-6)4-9/h1-8H,9H2;1-3H,4H2. The van der Waals surface area contributed by atoms with Crippen LogP contribution in [0, 0.1) is 0 Å². The summed E-state index contributed by atoms with van der Waals surface area (Å²) in [5.41, 5.74) is 1.93. The Morgan fingerprint density at radius 3 is 1.81 bits per heavy atom. The molecule has 1 nitrogen and oxygen atoms in total. The fourth-order valence-corrected chi connectivity index (χ4v) is 3.44. The van der Waals surface area contributed by atoms with Crippen molar-refractivity contribution in [1.82, 2.24) is 0 Å². The Balaban J connectivity index is 0.000000209. The van der Waals surface area contributed by atoms with Crippen LogP contribution in [-0.4, -0.2) is 0 Å². The molecule has 0 aliphatic carbocycles. The molecule has 0 amide bonds. The molecular weight excluding hydrogens is 522 g/mol. The summed E-state index contributed by atoms with van der Waals surface area (Å²) >= 11 is 24.2. The highest BCUT2D eigenvalue weighted by atomic mass is 79.9. The lowest BCUT2D eigenvalue weighted by atomic mass is 10.2. The summed E-state index contributed by atoms with van der Waals surface area (Å²) in [4.78, 5) is 0. The molecule has 0 heterocycles. The smallest absolute Gasteiger partial charge is 0.119 e. The van der Waals surface area contributed by atoms with E-state index in [2.05, 4.69) is 31.9 Å². The number of ether oxygens (including phenoxy) is 1. The van der Waals surface area contributed by atoms with Crippen LogP contribution < -0.4 is 4.74 Å². The minimum atomic E-state index is 0.457. The molecule has 0 radical (unpaired) electrons. The lowest BCUT2D eigenvalue weighted by Crippen LogP contribution is -1.96. The van der Waals surface area contributed by atoms with Crippen molar-refractivity contribution in [3.8, 4) is 5.75 Å². The zero-order valence-electron chi connectivity index (χ0n) is 13.6. The number of rotatable bonds is 4. The first-order chi connectivity index (χ1) is 12.5. The van der Waals surface area contributed by atoms with Crippen LogP contribution in [0.3, 0.4) is 0 Å². The highest BCUT2D eigenvalue weighted by Gasteiger charge is 2.02. The van der Waals surface area contributed by atoms with Gasteiger partial charge in [-0.3, -0.25) is 0 Å². The molecule has 0 aliphatic rings. The van der Waals surface area contributed by atoms with Gasteiger partial charge in [0.05, 0.1) is 0 Å². The molecule has 6 heteroatoms. The highest BCUT2D eigenvalue weighted by molar-refractivity contribution is 9.10. The first-order valence-corrected chi connectivity index (χ1v) is 10.5. The predicted molar refractivity (Wildman–Crippen MR) is 119 cm³/mol. The van der Waals surface area contributed by atoms with Gasteiger partial charge in [-0.05, 0) is 54.1 Å². The molecule has 0 fully saturated rings. The monoisotopic (exact) mass is 534 g/mol. The zero-order chi connectivity index (χ0) is 18.9. The van der Waals surface area contributed by atoms with Gasteiger partial charge in [-0.1, -0.05) is 73.3 Å². The van der Waals surface area contributed by atoms with Crippen molar-refractivity contribution >= 4 is 66.7 Å². The van der Waals surface area contributed by atoms with Crippen LogP contribution in [0.2, 0.25) is 10.0 Å². The minimum Gasteiger partial charge on any atom is -0.489 e. The molecule has 0 spiro atoms. The van der Waals surface area contributed by atoms with Crippen molar-refractivity contribution in [2.45, 2.75) is 12.5 Å². The molecule has 0 saturated carbocycles. The second-order valence-corrected chi connectivity index (χ2v) is 8.12. The van der Waals surface area contributed by atoms with Gasteiger partial charge in [-0.2, -0.15) is 0 Å². The molecule has 0 bridgehead atoms. The van der Waals surface area contributed by atoms with E-state index in [1.807, 2.05) is 66.7 Å². The van der Waals surface area contributed by atoms with E-state index in [-0.39, 0.29) is 0 Å². The van der Waals surface area contributed by atoms with Crippen molar-refractivity contribution in [3.63, 3.8) is 0 Å². The summed E-state index contributed by atoms with van der Waals surface area (Å²) in [6.45, 7) is 0.474. The lowest BCUT2D eigenvalue weighted by Gasteiger charge is -2.07. The van der Waals surface area contributed by atoms with Crippen LogP contribution in [0.25, 0.3) is 0 Å². The molecule has 0 saturated heterocycles. The maximum Gasteiger partial charge on any atom is 0.119 e. The molecule has 3 aromatic carbocycles. The maximum atomic E-state index is 6.06. The number of alkyl halides is 1. The summed E-state index contributed by atoms with van der Waals surface area (Å²) in [6.07, 6.45) is 0. The largest absolute Gasteiger partial charge is 0.489 e. The number of halogens is 5. The number of para-hydroxylation sites is 1. The van der Waals surface area contributed by atoms with Crippen LogP contribution >= 0.6 is 66.7 Å². The van der Waals surface area contributed by atoms with Gasteiger partial charge in [0.1, 0.15) is 12.4 Å². The second kappa shape index (κ2) is 11.2. The van der Waals surface area contributed by atoms with Crippen molar-refractivity contribution in [3.05, 3.63) is 96.8 Å². The van der Waals surface area contributed by atoms with Crippen molar-refractivity contribution < 1.29 is 4.74 Å². The summed E-state index contributed by atoms with van der Waals surface area (Å²) in [5.74, 6) is 1.30. The van der Waals surface area contributed by atoms with Crippen LogP contribution in [-0.2, 0) is 12.5 Å². The Kier molecular flexibility index (Phi) is 9.30. The van der Waals surface area contributed by atoms with E-state index in [1.165, 1.54) is 0 Å². The van der Waals surface area contributed by atoms with Crippen molar-refractivity contribution in [2.75, 3.05) is 0 Å². The molecule has 136 valence electrons. The van der Waals surface area contributed by atoms with Gasteiger partial charge in [0.2, 0.25) is 0 Å². The van der Waals surface area contributed by atoms with Crippen LogP contribution in [0.15, 0.2) is 75.7 Å². The Morgan fingerprint density at radius 2 is 1.27 bits per heavy atom. The average molecular weight is 538 g/mol. The third kappa shape index (κ3) is 7.13. The molecule has 3 aromatic rings. The van der Waals surface area contributed by atoms with Gasteiger partial charge >= 0.3 is 0 Å². The Labute approximate surface area is 185 Å². The predicted octanol–water partition coefficient (Wildman–Crippen LogP) is 8.52. The molecule has 0 N–H and O–H groups in total. The Morgan fingerprint density at radius 1 is 0.731 bits per heavy atom. The van der Waals surface area contributed by atoms with Crippen LogP contribution in [0.1, 0.15) is 11.1 Å². The number of benzene rings is 3. The van der Waals surface area contributed by atoms with Crippen LogP contribution in [0.5, 0.6) is 5.75 Å². The molecule has 0 unspecified atom stereocenters. The van der Waals surface area contributed by atoms with E-state index in [0.29, 0.717) is 12.5 Å². The first-order valence-electron chi connectivity index (χ1n) is 7.61. The molecular formula is C20H15Br2Cl3O. The molecule has 0 aliphatic heterocycles. The second-order valence-electron chi connectivity index (χ2n) is 5.21. The average Bonchev–Trinajstić information content (AvgIpc) is 2.66. The van der Waals surface area contributed by atoms with E-state index in [1.54, 1.807) is 0 Å². The maximum absolute atomic E-state index is 6.06. The van der Waals surface area contributed by atoms with E-state index in [9.17, 15) is 0 Å². The van der Waals surface area contributed by atoms with Gasteiger partial charge in [0.25, 0.3) is 0 Å². The summed E-state index contributed by atoms with van der Waals surface area (Å²) < 4.78 is 7.63. The highest BCUT2D eigenvalue weighted by Crippen LogP contribution is 2.23. The third-order valence-electron chi connectivity index (χ3n) is 3.30. The number of hydrogen-bond donors (Lipinski definition) is 0. The normalized spacial score (nSPS) is 10.0. The van der Waals surface area contributed by atoms with Gasteiger partial charge < -0.3 is 4.74 Å². The summed E-state index contributed by atoms with van der Waals surface area (Å²) in [6, 6.07) is 21.0. The van der Waals surface area contributed by atoms with E-state index in [4.69, 9.17) is 39.5 Å². The fraction of sp³-hybridized carbons (Fsp3) is 0.100. The summed E-state index contributed by atoms with van der Waals surface area (Å²) in [7, 11) is 0. The van der Waals surface area contributed by atoms with E-state index >= 15 is 0 Å². The Bertz CT molecular complexity index is 842. The Hall–Kier alpha value is -0.710. The molecule has 0 atom stereocenters. The molecule has 26 heavy (non-hydrogen) atoms. The van der Waals surface area contributed by atoms with Crippen LogP contribution in [0.4, 0.5) is 0 Å². The first kappa shape index (κ1) is 21.6. The van der Waals surface area contributed by atoms with Gasteiger partial charge in [-0.25, -0.2) is 0 Å². The third-order valence-corrected chi connectivity index (χ3v) is 5.31. The SMILES string of the molecule is ClCc1cc(Br)ccc1Cl.Clc1ccc(Br)cc1COc1ccccc1. The fourth-order valence-electron chi connectivity index (χ4n) is 1.98. The van der Waals surface area contributed by atoms with Crippen molar-refractivity contribution in [2.24, 2.45) is 0 Å². The lowest BCUT2D eigenvalue weighted by molar-refractivity contribution is 0.306.